The normalized spacial score (nSPS) is 9.36. The lowest BCUT2D eigenvalue weighted by molar-refractivity contribution is 0.565. The lowest BCUT2D eigenvalue weighted by atomic mass is 10.2. The molecule has 0 aliphatic heterocycles. The highest BCUT2D eigenvalue weighted by Crippen LogP contribution is 2.10. The van der Waals surface area contributed by atoms with E-state index in [1.807, 2.05) is 26.0 Å². The second-order valence-electron chi connectivity index (χ2n) is 2.72. The Labute approximate surface area is 83.2 Å². The van der Waals surface area contributed by atoms with Gasteiger partial charge >= 0.3 is 0 Å². The molecule has 0 radical (unpaired) electrons. The highest BCUT2D eigenvalue weighted by molar-refractivity contribution is 5.75. The first kappa shape index (κ1) is 10.5. The highest BCUT2D eigenvalue weighted by atomic mass is 16.3. The van der Waals surface area contributed by atoms with E-state index >= 15 is 0 Å². The highest BCUT2D eigenvalue weighted by Gasteiger charge is 1.98. The minimum atomic E-state index is 0.0225. The van der Waals surface area contributed by atoms with E-state index in [-0.39, 0.29) is 5.43 Å². The van der Waals surface area contributed by atoms with Gasteiger partial charge in [0.05, 0.1) is 5.39 Å². The maximum atomic E-state index is 11.3. The minimum absolute atomic E-state index is 0.0225. The Morgan fingerprint density at radius 3 is 2.50 bits per heavy atom. The smallest absolute Gasteiger partial charge is 0.192 e. The summed E-state index contributed by atoms with van der Waals surface area (Å²) in [5.74, 6) is 0.652. The predicted octanol–water partition coefficient (Wildman–Crippen LogP) is 3.13. The summed E-state index contributed by atoms with van der Waals surface area (Å²) < 4.78 is 5.34. The van der Waals surface area contributed by atoms with Crippen LogP contribution in [0.3, 0.4) is 0 Å². The maximum absolute atomic E-state index is 11.3. The molecule has 0 fully saturated rings. The first-order valence-electron chi connectivity index (χ1n) is 4.77. The first-order valence-corrected chi connectivity index (χ1v) is 4.77. The number of hydrogen-bond donors (Lipinski definition) is 0. The summed E-state index contributed by atoms with van der Waals surface area (Å²) in [5.41, 5.74) is 0.678. The van der Waals surface area contributed by atoms with Crippen LogP contribution in [0.1, 0.15) is 19.6 Å². The van der Waals surface area contributed by atoms with Gasteiger partial charge in [0.2, 0.25) is 0 Å². The Balaban J connectivity index is 0.000000461. The molecule has 1 aromatic heterocycles. The summed E-state index contributed by atoms with van der Waals surface area (Å²) >= 11 is 0. The number of hydrogen-bond acceptors (Lipinski definition) is 2. The van der Waals surface area contributed by atoms with Crippen LogP contribution in [0.5, 0.6) is 0 Å². The zero-order valence-electron chi connectivity index (χ0n) is 8.70. The molecule has 2 nitrogen and oxygen atoms in total. The quantitative estimate of drug-likeness (QED) is 0.638. The van der Waals surface area contributed by atoms with E-state index in [4.69, 9.17) is 4.42 Å². The lowest BCUT2D eigenvalue weighted by Gasteiger charge is -1.96. The fourth-order valence-corrected chi connectivity index (χ4v) is 1.22. The zero-order chi connectivity index (χ0) is 10.6. The third-order valence-corrected chi connectivity index (χ3v) is 1.76. The van der Waals surface area contributed by atoms with Gasteiger partial charge in [-0.3, -0.25) is 4.79 Å². The molecule has 0 N–H and O–H groups in total. The molecule has 14 heavy (non-hydrogen) atoms. The van der Waals surface area contributed by atoms with Crippen LogP contribution in [0.2, 0.25) is 0 Å². The van der Waals surface area contributed by atoms with Gasteiger partial charge in [0.25, 0.3) is 0 Å². The van der Waals surface area contributed by atoms with Crippen molar-refractivity contribution >= 4 is 11.0 Å². The van der Waals surface area contributed by atoms with Crippen molar-refractivity contribution in [1.29, 1.82) is 0 Å². The van der Waals surface area contributed by atoms with Crippen molar-refractivity contribution in [3.63, 3.8) is 0 Å². The predicted molar refractivity (Wildman–Crippen MR) is 58.6 cm³/mol. The minimum Gasteiger partial charge on any atom is -0.461 e. The van der Waals surface area contributed by atoms with Crippen LogP contribution < -0.4 is 5.43 Å². The summed E-state index contributed by atoms with van der Waals surface area (Å²) in [7, 11) is 0. The van der Waals surface area contributed by atoms with Gasteiger partial charge in [0.1, 0.15) is 11.3 Å². The molecule has 0 atom stereocenters. The molecule has 2 aromatic rings. The van der Waals surface area contributed by atoms with Gasteiger partial charge in [0.15, 0.2) is 5.43 Å². The maximum Gasteiger partial charge on any atom is 0.192 e. The van der Waals surface area contributed by atoms with E-state index in [1.54, 1.807) is 19.1 Å². The molecule has 0 bridgehead atoms. The Bertz CT molecular complexity index is 469. The Morgan fingerprint density at radius 1 is 1.14 bits per heavy atom. The topological polar surface area (TPSA) is 30.2 Å². The Kier molecular flexibility index (Phi) is 3.46. The van der Waals surface area contributed by atoms with E-state index < -0.39 is 0 Å². The second kappa shape index (κ2) is 4.61. The average Bonchev–Trinajstić information content (AvgIpc) is 2.20. The fraction of sp³-hybridized carbons (Fsp3) is 0.250. The molecule has 0 amide bonds. The van der Waals surface area contributed by atoms with Gasteiger partial charge in [-0.1, -0.05) is 26.0 Å². The van der Waals surface area contributed by atoms with Crippen molar-refractivity contribution in [3.05, 3.63) is 46.3 Å². The molecule has 0 aliphatic rings. The summed E-state index contributed by atoms with van der Waals surface area (Å²) in [4.78, 5) is 11.3. The van der Waals surface area contributed by atoms with E-state index in [0.29, 0.717) is 16.7 Å². The van der Waals surface area contributed by atoms with Crippen molar-refractivity contribution in [2.75, 3.05) is 0 Å². The van der Waals surface area contributed by atoms with Crippen molar-refractivity contribution in [3.8, 4) is 0 Å². The van der Waals surface area contributed by atoms with Crippen LogP contribution in [-0.2, 0) is 0 Å². The molecule has 0 saturated heterocycles. The van der Waals surface area contributed by atoms with Crippen LogP contribution >= 0.6 is 0 Å². The van der Waals surface area contributed by atoms with Gasteiger partial charge in [-0.05, 0) is 19.1 Å². The van der Waals surface area contributed by atoms with Crippen LogP contribution in [0.25, 0.3) is 11.0 Å². The summed E-state index contributed by atoms with van der Waals surface area (Å²) in [6.07, 6.45) is 0. The van der Waals surface area contributed by atoms with Gasteiger partial charge in [-0.25, -0.2) is 0 Å². The molecule has 0 spiro atoms. The number of benzene rings is 1. The summed E-state index contributed by atoms with van der Waals surface area (Å²) in [6.45, 7) is 5.77. The molecular formula is C12H14O2. The van der Waals surface area contributed by atoms with Crippen molar-refractivity contribution in [2.45, 2.75) is 20.8 Å². The van der Waals surface area contributed by atoms with Crippen LogP contribution in [0, 0.1) is 6.92 Å². The molecule has 1 aromatic carbocycles. The standard InChI is InChI=1S/C10H8O2.C2H6/c1-7-6-9(11)8-4-2-3-5-10(8)12-7;1-2/h2-6H,1H3;1-2H3. The lowest BCUT2D eigenvalue weighted by Crippen LogP contribution is -1.99. The fourth-order valence-electron chi connectivity index (χ4n) is 1.22. The average molecular weight is 190 g/mol. The number of para-hydroxylation sites is 1. The molecule has 74 valence electrons. The van der Waals surface area contributed by atoms with Crippen LogP contribution in [0.4, 0.5) is 0 Å². The van der Waals surface area contributed by atoms with Crippen molar-refractivity contribution in [1.82, 2.24) is 0 Å². The zero-order valence-corrected chi connectivity index (χ0v) is 8.70. The number of fused-ring (bicyclic) bond motifs is 1. The van der Waals surface area contributed by atoms with Crippen LogP contribution in [-0.4, -0.2) is 0 Å². The summed E-state index contributed by atoms with van der Waals surface area (Å²) in [6, 6.07) is 8.74. The summed E-state index contributed by atoms with van der Waals surface area (Å²) in [5, 5.41) is 0.642. The van der Waals surface area contributed by atoms with Crippen LogP contribution in [0.15, 0.2) is 39.5 Å². The molecule has 2 heteroatoms. The van der Waals surface area contributed by atoms with E-state index in [1.165, 1.54) is 6.07 Å². The third kappa shape index (κ3) is 2.02. The molecular weight excluding hydrogens is 176 g/mol. The van der Waals surface area contributed by atoms with Gasteiger partial charge in [-0.15, -0.1) is 0 Å². The molecule has 0 unspecified atom stereocenters. The van der Waals surface area contributed by atoms with E-state index in [9.17, 15) is 4.79 Å². The van der Waals surface area contributed by atoms with Gasteiger partial charge in [0, 0.05) is 6.07 Å². The monoisotopic (exact) mass is 190 g/mol. The molecule has 0 aliphatic carbocycles. The molecule has 1 heterocycles. The van der Waals surface area contributed by atoms with Crippen molar-refractivity contribution in [2.24, 2.45) is 0 Å². The largest absolute Gasteiger partial charge is 0.461 e. The second-order valence-corrected chi connectivity index (χ2v) is 2.72. The third-order valence-electron chi connectivity index (χ3n) is 1.76. The van der Waals surface area contributed by atoms with Gasteiger partial charge < -0.3 is 4.42 Å². The Morgan fingerprint density at radius 2 is 1.79 bits per heavy atom. The molecule has 0 saturated carbocycles. The van der Waals surface area contributed by atoms with E-state index in [2.05, 4.69) is 0 Å². The first-order chi connectivity index (χ1) is 6.77. The Hall–Kier alpha value is -1.57. The van der Waals surface area contributed by atoms with E-state index in [0.717, 1.165) is 0 Å². The number of aryl methyl sites for hydroxylation is 1. The molecule has 2 rings (SSSR count). The van der Waals surface area contributed by atoms with Gasteiger partial charge in [-0.2, -0.15) is 0 Å². The SMILES string of the molecule is CC.Cc1cc(=O)c2ccccc2o1. The number of rotatable bonds is 0. The van der Waals surface area contributed by atoms with Crippen molar-refractivity contribution < 1.29 is 4.42 Å².